The Morgan fingerprint density at radius 2 is 2.22 bits per heavy atom. The fraction of sp³-hybridized carbons (Fsp3) is 1.00. The van der Waals surface area contributed by atoms with Gasteiger partial charge in [-0.1, -0.05) is 6.92 Å². The van der Waals surface area contributed by atoms with E-state index < -0.39 is 0 Å². The normalized spacial score (nSPS) is 22.0. The van der Waals surface area contributed by atoms with Crippen LogP contribution < -0.4 is 0 Å². The van der Waals surface area contributed by atoms with E-state index in [1.165, 1.54) is 25.4 Å². The summed E-state index contributed by atoms with van der Waals surface area (Å²) in [5.41, 5.74) is 0. The summed E-state index contributed by atoms with van der Waals surface area (Å²) in [6.07, 6.45) is 2.17. The molecule has 0 bridgehead atoms. The number of likely N-dealkylation sites (tertiary alicyclic amines) is 1. The lowest BCUT2D eigenvalue weighted by molar-refractivity contribution is 0.122. The van der Waals surface area contributed by atoms with E-state index in [0.29, 0.717) is 0 Å². The highest BCUT2D eigenvalue weighted by Gasteiger charge is 2.20. The number of rotatable bonds is 3. The minimum atomic E-state index is 0.965. The molecule has 0 N–H and O–H groups in total. The molecule has 0 saturated carbocycles. The lowest BCUT2D eigenvalue weighted by Gasteiger charge is -2.36. The van der Waals surface area contributed by atoms with E-state index in [1.54, 1.807) is 0 Å². The Morgan fingerprint density at radius 1 is 1.56 bits per heavy atom. The molecule has 0 aromatic rings. The van der Waals surface area contributed by atoms with Crippen LogP contribution in [0.25, 0.3) is 0 Å². The van der Waals surface area contributed by atoms with Crippen molar-refractivity contribution in [3.63, 3.8) is 0 Å². The van der Waals surface area contributed by atoms with Crippen molar-refractivity contribution in [2.75, 3.05) is 31.6 Å². The molecule has 1 fully saturated rings. The second-order valence-corrected chi connectivity index (χ2v) is 3.84. The summed E-state index contributed by atoms with van der Waals surface area (Å²) in [6.45, 7) is 6.28. The Kier molecular flexibility index (Phi) is 2.86. The second kappa shape index (κ2) is 3.47. The first kappa shape index (κ1) is 7.42. The lowest BCUT2D eigenvalue weighted by atomic mass is 10.0. The van der Waals surface area contributed by atoms with Gasteiger partial charge in [-0.15, -0.1) is 0 Å². The zero-order valence-corrected chi connectivity index (χ0v) is 7.08. The lowest BCUT2D eigenvalue weighted by Crippen LogP contribution is -2.45. The van der Waals surface area contributed by atoms with Gasteiger partial charge in [0.15, 0.2) is 0 Å². The van der Waals surface area contributed by atoms with Crippen LogP contribution in [-0.2, 0) is 0 Å². The van der Waals surface area contributed by atoms with Crippen LogP contribution in [0.5, 0.6) is 0 Å². The van der Waals surface area contributed by atoms with Crippen LogP contribution in [-0.4, -0.2) is 36.5 Å². The van der Waals surface area contributed by atoms with Crippen molar-refractivity contribution in [1.29, 1.82) is 0 Å². The molecule has 1 nitrogen and oxygen atoms in total. The van der Waals surface area contributed by atoms with Gasteiger partial charge >= 0.3 is 0 Å². The quantitative estimate of drug-likeness (QED) is 0.589. The van der Waals surface area contributed by atoms with Gasteiger partial charge in [0.1, 0.15) is 0 Å². The molecule has 0 amide bonds. The van der Waals surface area contributed by atoms with E-state index in [4.69, 9.17) is 0 Å². The molecule has 1 rings (SSSR count). The van der Waals surface area contributed by atoms with Crippen LogP contribution in [0.3, 0.4) is 0 Å². The summed E-state index contributed by atoms with van der Waals surface area (Å²) in [5, 5.41) is 0. The molecule has 0 aromatic carbocycles. The monoisotopic (exact) mass is 145 g/mol. The van der Waals surface area contributed by atoms with Crippen LogP contribution >= 0.6 is 11.8 Å². The van der Waals surface area contributed by atoms with Gasteiger partial charge in [-0.2, -0.15) is 11.8 Å². The summed E-state index contributed by atoms with van der Waals surface area (Å²) < 4.78 is 0. The summed E-state index contributed by atoms with van der Waals surface area (Å²) in [4.78, 5) is 2.52. The Balaban J connectivity index is 1.91. The van der Waals surface area contributed by atoms with Gasteiger partial charge < -0.3 is 4.90 Å². The van der Waals surface area contributed by atoms with Gasteiger partial charge in [0.25, 0.3) is 0 Å². The molecule has 0 atom stereocenters. The Bertz CT molecular complexity index is 79.0. The standard InChI is InChI=1S/C7H15NS/c1-7-5-8(6-7)3-4-9-2/h7H,3-6H2,1-2H3. The van der Waals surface area contributed by atoms with Gasteiger partial charge in [0, 0.05) is 25.4 Å². The summed E-state index contributed by atoms with van der Waals surface area (Å²) >= 11 is 1.94. The predicted molar refractivity (Wildman–Crippen MR) is 44.0 cm³/mol. The molecular formula is C7H15NS. The molecule has 1 heterocycles. The highest BCUT2D eigenvalue weighted by molar-refractivity contribution is 7.98. The molecule has 9 heavy (non-hydrogen) atoms. The zero-order valence-electron chi connectivity index (χ0n) is 6.26. The van der Waals surface area contributed by atoms with E-state index in [0.717, 1.165) is 5.92 Å². The smallest absolute Gasteiger partial charge is 0.00725 e. The number of hydrogen-bond acceptors (Lipinski definition) is 2. The maximum atomic E-state index is 2.52. The van der Waals surface area contributed by atoms with Crippen molar-refractivity contribution in [3.05, 3.63) is 0 Å². The molecule has 1 aliphatic rings. The molecule has 0 aromatic heterocycles. The molecule has 0 unspecified atom stereocenters. The van der Waals surface area contributed by atoms with Crippen LogP contribution in [0.15, 0.2) is 0 Å². The summed E-state index contributed by atoms with van der Waals surface area (Å²) in [6, 6.07) is 0. The summed E-state index contributed by atoms with van der Waals surface area (Å²) in [7, 11) is 0. The summed E-state index contributed by atoms with van der Waals surface area (Å²) in [5.74, 6) is 2.26. The minimum absolute atomic E-state index is 0.965. The maximum absolute atomic E-state index is 2.52. The first-order chi connectivity index (χ1) is 4.33. The van der Waals surface area contributed by atoms with Crippen molar-refractivity contribution in [3.8, 4) is 0 Å². The van der Waals surface area contributed by atoms with Crippen molar-refractivity contribution >= 4 is 11.8 Å². The van der Waals surface area contributed by atoms with E-state index in [9.17, 15) is 0 Å². The molecule has 2 heteroatoms. The first-order valence-corrected chi connectivity index (χ1v) is 4.93. The zero-order chi connectivity index (χ0) is 6.69. The van der Waals surface area contributed by atoms with Crippen molar-refractivity contribution in [2.45, 2.75) is 6.92 Å². The minimum Gasteiger partial charge on any atom is -0.302 e. The highest BCUT2D eigenvalue weighted by Crippen LogP contribution is 2.13. The van der Waals surface area contributed by atoms with E-state index >= 15 is 0 Å². The number of thioether (sulfide) groups is 1. The van der Waals surface area contributed by atoms with Crippen molar-refractivity contribution in [2.24, 2.45) is 5.92 Å². The van der Waals surface area contributed by atoms with Gasteiger partial charge in [-0.05, 0) is 12.2 Å². The van der Waals surface area contributed by atoms with E-state index in [2.05, 4.69) is 18.1 Å². The fourth-order valence-electron chi connectivity index (χ4n) is 1.23. The van der Waals surface area contributed by atoms with Crippen LogP contribution in [0.4, 0.5) is 0 Å². The SMILES string of the molecule is CSCCN1CC(C)C1. The van der Waals surface area contributed by atoms with E-state index in [1.807, 2.05) is 11.8 Å². The Morgan fingerprint density at radius 3 is 2.67 bits per heavy atom. The molecule has 1 aliphatic heterocycles. The second-order valence-electron chi connectivity index (χ2n) is 2.86. The molecule has 1 saturated heterocycles. The molecule has 0 radical (unpaired) electrons. The molecule has 0 spiro atoms. The fourth-order valence-corrected chi connectivity index (χ4v) is 1.67. The average Bonchev–Trinajstić information content (AvgIpc) is 1.78. The predicted octanol–water partition coefficient (Wildman–Crippen LogP) is 1.30. The maximum Gasteiger partial charge on any atom is 0.00725 e. The largest absolute Gasteiger partial charge is 0.302 e. The number of nitrogens with zero attached hydrogens (tertiary/aromatic N) is 1. The third-order valence-corrected chi connectivity index (χ3v) is 2.34. The van der Waals surface area contributed by atoms with Gasteiger partial charge in [0.2, 0.25) is 0 Å². The van der Waals surface area contributed by atoms with Crippen LogP contribution in [0.1, 0.15) is 6.92 Å². The molecular weight excluding hydrogens is 130 g/mol. The average molecular weight is 145 g/mol. The Labute approximate surface area is 61.8 Å². The van der Waals surface area contributed by atoms with Gasteiger partial charge in [-0.25, -0.2) is 0 Å². The van der Waals surface area contributed by atoms with Crippen LogP contribution in [0.2, 0.25) is 0 Å². The first-order valence-electron chi connectivity index (χ1n) is 3.54. The highest BCUT2D eigenvalue weighted by atomic mass is 32.2. The number of hydrogen-bond donors (Lipinski definition) is 0. The third-order valence-electron chi connectivity index (χ3n) is 1.75. The molecule has 54 valence electrons. The van der Waals surface area contributed by atoms with Crippen molar-refractivity contribution < 1.29 is 0 Å². The van der Waals surface area contributed by atoms with Gasteiger partial charge in [-0.3, -0.25) is 0 Å². The van der Waals surface area contributed by atoms with E-state index in [-0.39, 0.29) is 0 Å². The molecule has 0 aliphatic carbocycles. The van der Waals surface area contributed by atoms with Crippen LogP contribution in [0, 0.1) is 5.92 Å². The Hall–Kier alpha value is 0.310. The topological polar surface area (TPSA) is 3.24 Å². The van der Waals surface area contributed by atoms with Crippen molar-refractivity contribution in [1.82, 2.24) is 4.90 Å². The third kappa shape index (κ3) is 2.18. The van der Waals surface area contributed by atoms with Gasteiger partial charge in [0.05, 0.1) is 0 Å².